The molecule has 1 spiro atoms. The van der Waals surface area contributed by atoms with E-state index in [4.69, 9.17) is 15.6 Å². The van der Waals surface area contributed by atoms with Crippen molar-refractivity contribution in [2.24, 2.45) is 11.1 Å². The molecule has 1 saturated heterocycles. The molecule has 0 aromatic carbocycles. The molecule has 1 heterocycles. The molecule has 0 amide bonds. The Bertz CT molecular complexity index is 210. The van der Waals surface area contributed by atoms with E-state index >= 15 is 0 Å². The largest absolute Gasteiger partial charge is 0.480 e. The van der Waals surface area contributed by atoms with Gasteiger partial charge in [-0.3, -0.25) is 4.79 Å². The molecule has 4 nitrogen and oxygen atoms in total. The number of rotatable bonds is 1. The minimum atomic E-state index is -0.983. The van der Waals surface area contributed by atoms with E-state index in [9.17, 15) is 4.79 Å². The molecule has 2 aliphatic rings. The smallest absolute Gasteiger partial charge is 0.324 e. The van der Waals surface area contributed by atoms with Gasteiger partial charge in [-0.25, -0.2) is 0 Å². The summed E-state index contributed by atoms with van der Waals surface area (Å²) in [6.07, 6.45) is 1.38. The van der Waals surface area contributed by atoms with Crippen LogP contribution >= 0.6 is 0 Å². The summed E-state index contributed by atoms with van der Waals surface area (Å²) in [5.74, 6) is -0.886. The Labute approximate surface area is 64.3 Å². The second kappa shape index (κ2) is 1.76. The lowest BCUT2D eigenvalue weighted by atomic mass is 10.00. The molecule has 2 atom stereocenters. The van der Waals surface area contributed by atoms with Crippen molar-refractivity contribution in [3.8, 4) is 0 Å². The molecule has 4 heteroatoms. The first-order chi connectivity index (χ1) is 5.11. The second-order valence-corrected chi connectivity index (χ2v) is 3.54. The Hall–Kier alpha value is -0.610. The highest BCUT2D eigenvalue weighted by Gasteiger charge is 2.71. The lowest BCUT2D eigenvalue weighted by molar-refractivity contribution is -0.140. The van der Waals surface area contributed by atoms with Gasteiger partial charge in [0.25, 0.3) is 0 Å². The Balaban J connectivity index is 2.17. The van der Waals surface area contributed by atoms with E-state index in [1.165, 1.54) is 0 Å². The van der Waals surface area contributed by atoms with Crippen LogP contribution in [0.1, 0.15) is 12.8 Å². The van der Waals surface area contributed by atoms with Crippen LogP contribution in [0.2, 0.25) is 0 Å². The molecule has 0 aromatic heterocycles. The zero-order chi connectivity index (χ0) is 8.11. The van der Waals surface area contributed by atoms with Crippen molar-refractivity contribution in [1.29, 1.82) is 0 Å². The van der Waals surface area contributed by atoms with E-state index < -0.39 is 11.5 Å². The number of carboxylic acid groups (broad SMARTS) is 1. The third-order valence-electron chi connectivity index (χ3n) is 2.92. The fraction of sp³-hybridized carbons (Fsp3) is 0.857. The van der Waals surface area contributed by atoms with Gasteiger partial charge in [-0.15, -0.1) is 0 Å². The summed E-state index contributed by atoms with van der Waals surface area (Å²) in [5.41, 5.74) is 4.44. The summed E-state index contributed by atoms with van der Waals surface area (Å²) >= 11 is 0. The van der Waals surface area contributed by atoms with Crippen molar-refractivity contribution in [1.82, 2.24) is 0 Å². The first-order valence-corrected chi connectivity index (χ1v) is 3.71. The molecule has 11 heavy (non-hydrogen) atoms. The van der Waals surface area contributed by atoms with Crippen molar-refractivity contribution < 1.29 is 14.6 Å². The molecule has 1 aliphatic carbocycles. The lowest BCUT2D eigenvalue weighted by Crippen LogP contribution is -2.39. The lowest BCUT2D eigenvalue weighted by Gasteiger charge is -2.10. The van der Waals surface area contributed by atoms with Gasteiger partial charge < -0.3 is 15.6 Å². The zero-order valence-electron chi connectivity index (χ0n) is 6.17. The van der Waals surface area contributed by atoms with E-state index in [0.717, 1.165) is 6.42 Å². The van der Waals surface area contributed by atoms with Crippen molar-refractivity contribution in [3.05, 3.63) is 0 Å². The van der Waals surface area contributed by atoms with E-state index in [1.54, 1.807) is 0 Å². The van der Waals surface area contributed by atoms with Crippen LogP contribution in [0.5, 0.6) is 0 Å². The maximum absolute atomic E-state index is 10.7. The van der Waals surface area contributed by atoms with Crippen molar-refractivity contribution >= 4 is 5.97 Å². The monoisotopic (exact) mass is 157 g/mol. The SMILES string of the molecule is NC1(C(=O)O)CC12CCOC2. The molecular formula is C7H11NO3. The summed E-state index contributed by atoms with van der Waals surface area (Å²) < 4.78 is 5.12. The van der Waals surface area contributed by atoms with Crippen molar-refractivity contribution in [2.45, 2.75) is 18.4 Å². The molecule has 0 bridgehead atoms. The van der Waals surface area contributed by atoms with Crippen molar-refractivity contribution in [3.63, 3.8) is 0 Å². The predicted molar refractivity (Wildman–Crippen MR) is 37.0 cm³/mol. The van der Waals surface area contributed by atoms with Crippen LogP contribution in [0.25, 0.3) is 0 Å². The number of carboxylic acids is 1. The van der Waals surface area contributed by atoms with Crippen molar-refractivity contribution in [2.75, 3.05) is 13.2 Å². The van der Waals surface area contributed by atoms with Gasteiger partial charge in [0.2, 0.25) is 0 Å². The standard InChI is InChI=1S/C7H11NO3/c8-7(5(9)10)3-6(7)1-2-11-4-6/h1-4,8H2,(H,9,10). The van der Waals surface area contributed by atoms with Crippen LogP contribution < -0.4 is 5.73 Å². The second-order valence-electron chi connectivity index (χ2n) is 3.54. The molecule has 0 aromatic rings. The Morgan fingerprint density at radius 1 is 1.64 bits per heavy atom. The summed E-state index contributed by atoms with van der Waals surface area (Å²) in [7, 11) is 0. The van der Waals surface area contributed by atoms with Crippen LogP contribution in [0.3, 0.4) is 0 Å². The zero-order valence-corrected chi connectivity index (χ0v) is 6.17. The molecule has 0 radical (unpaired) electrons. The van der Waals surface area contributed by atoms with Crippen LogP contribution in [-0.4, -0.2) is 29.8 Å². The minimum Gasteiger partial charge on any atom is -0.480 e. The Morgan fingerprint density at radius 2 is 2.36 bits per heavy atom. The van der Waals surface area contributed by atoms with Gasteiger partial charge in [0, 0.05) is 12.0 Å². The molecular weight excluding hydrogens is 146 g/mol. The molecule has 2 fully saturated rings. The van der Waals surface area contributed by atoms with Crippen LogP contribution in [0, 0.1) is 5.41 Å². The fourth-order valence-electron chi connectivity index (χ4n) is 1.89. The quantitative estimate of drug-likeness (QED) is 0.542. The summed E-state index contributed by atoms with van der Waals surface area (Å²) in [6, 6.07) is 0. The summed E-state index contributed by atoms with van der Waals surface area (Å²) in [6.45, 7) is 1.18. The highest BCUT2D eigenvalue weighted by Crippen LogP contribution is 2.59. The maximum atomic E-state index is 10.7. The number of aliphatic carboxylic acids is 1. The molecule has 1 aliphatic heterocycles. The van der Waals surface area contributed by atoms with Gasteiger partial charge in [-0.05, 0) is 12.8 Å². The molecule has 2 rings (SSSR count). The summed E-state index contributed by atoms with van der Waals surface area (Å²) in [5, 5.41) is 8.76. The molecule has 1 saturated carbocycles. The highest BCUT2D eigenvalue weighted by atomic mass is 16.5. The third-order valence-corrected chi connectivity index (χ3v) is 2.92. The van der Waals surface area contributed by atoms with E-state index in [2.05, 4.69) is 0 Å². The minimum absolute atomic E-state index is 0.223. The normalized spacial score (nSPS) is 48.1. The first-order valence-electron chi connectivity index (χ1n) is 3.71. The average molecular weight is 157 g/mol. The fourth-order valence-corrected chi connectivity index (χ4v) is 1.89. The van der Waals surface area contributed by atoms with Crippen LogP contribution in [0.4, 0.5) is 0 Å². The molecule has 2 unspecified atom stereocenters. The van der Waals surface area contributed by atoms with Crippen LogP contribution in [-0.2, 0) is 9.53 Å². The van der Waals surface area contributed by atoms with E-state index in [1.807, 2.05) is 0 Å². The van der Waals surface area contributed by atoms with Gasteiger partial charge in [0.05, 0.1) is 6.61 Å². The number of hydrogen-bond donors (Lipinski definition) is 2. The van der Waals surface area contributed by atoms with E-state index in [-0.39, 0.29) is 5.41 Å². The Morgan fingerprint density at radius 3 is 2.73 bits per heavy atom. The highest BCUT2D eigenvalue weighted by molar-refractivity contribution is 5.84. The van der Waals surface area contributed by atoms with Gasteiger partial charge in [-0.2, -0.15) is 0 Å². The average Bonchev–Trinajstić information content (AvgIpc) is 2.38. The van der Waals surface area contributed by atoms with Gasteiger partial charge in [0.15, 0.2) is 0 Å². The van der Waals surface area contributed by atoms with E-state index in [0.29, 0.717) is 19.6 Å². The third kappa shape index (κ3) is 0.684. The topological polar surface area (TPSA) is 72.6 Å². The number of nitrogens with two attached hydrogens (primary N) is 1. The first kappa shape index (κ1) is 7.06. The van der Waals surface area contributed by atoms with Gasteiger partial charge in [-0.1, -0.05) is 0 Å². The predicted octanol–water partition coefficient (Wildman–Crippen LogP) is -0.421. The van der Waals surface area contributed by atoms with Crippen LogP contribution in [0.15, 0.2) is 0 Å². The number of hydrogen-bond acceptors (Lipinski definition) is 3. The summed E-state index contributed by atoms with van der Waals surface area (Å²) in [4.78, 5) is 10.7. The molecule has 62 valence electrons. The molecule has 3 N–H and O–H groups in total. The Kier molecular flexibility index (Phi) is 1.13. The maximum Gasteiger partial charge on any atom is 0.324 e. The number of carbonyl (C=O) groups is 1. The van der Waals surface area contributed by atoms with Gasteiger partial charge >= 0.3 is 5.97 Å². The number of ether oxygens (including phenoxy) is 1. The van der Waals surface area contributed by atoms with Gasteiger partial charge in [0.1, 0.15) is 5.54 Å².